The summed E-state index contributed by atoms with van der Waals surface area (Å²) in [6.45, 7) is 8.06. The number of rotatable bonds is 6. The van der Waals surface area contributed by atoms with Crippen molar-refractivity contribution in [3.8, 4) is 0 Å². The highest BCUT2D eigenvalue weighted by Crippen LogP contribution is 2.34. The van der Waals surface area contributed by atoms with E-state index in [-0.39, 0.29) is 18.7 Å². The zero-order valence-corrected chi connectivity index (χ0v) is 18.9. The van der Waals surface area contributed by atoms with Gasteiger partial charge in [0.15, 0.2) is 0 Å². The van der Waals surface area contributed by atoms with Crippen molar-refractivity contribution in [2.24, 2.45) is 0 Å². The van der Waals surface area contributed by atoms with E-state index in [0.29, 0.717) is 10.2 Å². The molecule has 1 atom stereocenters. The zero-order chi connectivity index (χ0) is 22.1. The van der Waals surface area contributed by atoms with Gasteiger partial charge < -0.3 is 4.74 Å². The summed E-state index contributed by atoms with van der Waals surface area (Å²) in [5.74, 6) is -0.468. The van der Waals surface area contributed by atoms with E-state index in [0.717, 1.165) is 36.5 Å². The molecule has 7 nitrogen and oxygen atoms in total. The van der Waals surface area contributed by atoms with Gasteiger partial charge in [0.2, 0.25) is 0 Å². The van der Waals surface area contributed by atoms with Crippen LogP contribution < -0.4 is 11.2 Å². The fraction of sp³-hybridized carbons (Fsp3) is 0.435. The maximum atomic E-state index is 13.2. The Morgan fingerprint density at radius 3 is 2.61 bits per heavy atom. The van der Waals surface area contributed by atoms with E-state index in [2.05, 4.69) is 17.0 Å². The molecule has 0 N–H and O–H groups in total. The Hall–Kier alpha value is -2.71. The van der Waals surface area contributed by atoms with Crippen molar-refractivity contribution in [1.29, 1.82) is 0 Å². The fourth-order valence-electron chi connectivity index (χ4n) is 4.24. The van der Waals surface area contributed by atoms with Crippen molar-refractivity contribution in [3.63, 3.8) is 0 Å². The number of carbonyl (C=O) groups excluding carboxylic acids is 1. The van der Waals surface area contributed by atoms with E-state index in [9.17, 15) is 14.4 Å². The summed E-state index contributed by atoms with van der Waals surface area (Å²) in [5, 5.41) is 0.581. The maximum absolute atomic E-state index is 13.2. The molecule has 3 aromatic rings. The van der Waals surface area contributed by atoms with Gasteiger partial charge in [-0.3, -0.25) is 18.8 Å². The Morgan fingerprint density at radius 1 is 1.19 bits per heavy atom. The van der Waals surface area contributed by atoms with Crippen molar-refractivity contribution >= 4 is 27.5 Å². The normalized spacial score (nSPS) is 15.1. The van der Waals surface area contributed by atoms with Crippen LogP contribution in [-0.2, 0) is 35.6 Å². The van der Waals surface area contributed by atoms with Gasteiger partial charge in [0.1, 0.15) is 10.9 Å². The smallest absolute Gasteiger partial charge is 0.332 e. The molecule has 1 aliphatic rings. The molecule has 0 saturated carbocycles. The number of ether oxygens (including phenoxy) is 1. The number of hydrogen-bond acceptors (Lipinski definition) is 6. The van der Waals surface area contributed by atoms with Crippen LogP contribution in [0.4, 0.5) is 0 Å². The molecule has 0 aliphatic carbocycles. The van der Waals surface area contributed by atoms with Crippen molar-refractivity contribution < 1.29 is 9.53 Å². The van der Waals surface area contributed by atoms with E-state index in [1.54, 1.807) is 20.8 Å². The highest BCUT2D eigenvalue weighted by molar-refractivity contribution is 7.18. The minimum absolute atomic E-state index is 0.240. The second-order valence-electron chi connectivity index (χ2n) is 7.76. The highest BCUT2D eigenvalue weighted by Gasteiger charge is 2.29. The van der Waals surface area contributed by atoms with Crippen LogP contribution in [0.5, 0.6) is 0 Å². The molecule has 8 heteroatoms. The zero-order valence-electron chi connectivity index (χ0n) is 18.1. The van der Waals surface area contributed by atoms with Gasteiger partial charge in [-0.2, -0.15) is 0 Å². The Balaban J connectivity index is 1.81. The van der Waals surface area contributed by atoms with Crippen LogP contribution in [0.1, 0.15) is 42.8 Å². The SMILES string of the molecule is CCOC(=O)[C@H](C)n1c(=O)n(CC)c(=O)c2c3c(sc21)CN(Cc1ccccc1)CC3. The Labute approximate surface area is 184 Å². The topological polar surface area (TPSA) is 73.5 Å². The Bertz CT molecular complexity index is 1230. The summed E-state index contributed by atoms with van der Waals surface area (Å²) in [6, 6.07) is 9.50. The number of fused-ring (bicyclic) bond motifs is 3. The van der Waals surface area contributed by atoms with Gasteiger partial charge in [0.25, 0.3) is 5.56 Å². The van der Waals surface area contributed by atoms with E-state index in [1.165, 1.54) is 26.0 Å². The van der Waals surface area contributed by atoms with Crippen molar-refractivity contribution in [3.05, 3.63) is 67.2 Å². The lowest BCUT2D eigenvalue weighted by atomic mass is 10.0. The van der Waals surface area contributed by atoms with E-state index in [1.807, 2.05) is 18.2 Å². The lowest BCUT2D eigenvalue weighted by molar-refractivity contribution is -0.146. The first-order valence-corrected chi connectivity index (χ1v) is 11.5. The third kappa shape index (κ3) is 3.85. The van der Waals surface area contributed by atoms with Gasteiger partial charge >= 0.3 is 11.7 Å². The highest BCUT2D eigenvalue weighted by atomic mass is 32.1. The Kier molecular flexibility index (Phi) is 6.11. The molecule has 0 saturated heterocycles. The van der Waals surface area contributed by atoms with Gasteiger partial charge in [-0.15, -0.1) is 11.3 Å². The molecule has 31 heavy (non-hydrogen) atoms. The van der Waals surface area contributed by atoms with E-state index < -0.39 is 17.7 Å². The number of nitrogens with zero attached hydrogens (tertiary/aromatic N) is 3. The first kappa shape index (κ1) is 21.5. The number of thiophene rings is 1. The largest absolute Gasteiger partial charge is 0.464 e. The van der Waals surface area contributed by atoms with Crippen LogP contribution in [-0.4, -0.2) is 33.2 Å². The average Bonchev–Trinajstić information content (AvgIpc) is 3.13. The second-order valence-corrected chi connectivity index (χ2v) is 8.84. The van der Waals surface area contributed by atoms with Crippen LogP contribution >= 0.6 is 11.3 Å². The first-order chi connectivity index (χ1) is 15.0. The van der Waals surface area contributed by atoms with Gasteiger partial charge in [-0.05, 0) is 38.3 Å². The molecule has 0 fully saturated rings. The third-order valence-corrected chi connectivity index (χ3v) is 7.03. The maximum Gasteiger partial charge on any atom is 0.332 e. The van der Waals surface area contributed by atoms with Gasteiger partial charge in [0.05, 0.1) is 12.0 Å². The van der Waals surface area contributed by atoms with Gasteiger partial charge in [0, 0.05) is 31.1 Å². The number of hydrogen-bond donors (Lipinski definition) is 0. The molecule has 4 rings (SSSR count). The fourth-order valence-corrected chi connectivity index (χ4v) is 5.69. The second kappa shape index (κ2) is 8.80. The number of esters is 1. The molecule has 1 aromatic carbocycles. The quantitative estimate of drug-likeness (QED) is 0.550. The molecule has 3 heterocycles. The molecule has 0 unspecified atom stereocenters. The minimum Gasteiger partial charge on any atom is -0.464 e. The summed E-state index contributed by atoms with van der Waals surface area (Å²) in [5.41, 5.74) is 1.54. The summed E-state index contributed by atoms with van der Waals surface area (Å²) in [6.07, 6.45) is 0.743. The van der Waals surface area contributed by atoms with Crippen LogP contribution in [0.25, 0.3) is 10.2 Å². The summed E-state index contributed by atoms with van der Waals surface area (Å²) in [7, 11) is 0. The minimum atomic E-state index is -0.797. The van der Waals surface area contributed by atoms with Crippen molar-refractivity contribution in [2.75, 3.05) is 13.2 Å². The van der Waals surface area contributed by atoms with Crippen molar-refractivity contribution in [2.45, 2.75) is 52.9 Å². The van der Waals surface area contributed by atoms with Crippen molar-refractivity contribution in [1.82, 2.24) is 14.0 Å². The molecule has 0 spiro atoms. The summed E-state index contributed by atoms with van der Waals surface area (Å²) >= 11 is 1.45. The van der Waals surface area contributed by atoms with Crippen LogP contribution in [0.2, 0.25) is 0 Å². The molecule has 0 radical (unpaired) electrons. The van der Waals surface area contributed by atoms with Crippen LogP contribution in [0, 0.1) is 0 Å². The molecular formula is C23H27N3O4S. The summed E-state index contributed by atoms with van der Waals surface area (Å²) < 4.78 is 7.83. The number of benzene rings is 1. The molecular weight excluding hydrogens is 414 g/mol. The monoisotopic (exact) mass is 441 g/mol. The standard InChI is InChI=1S/C23H27N3O4S/c1-4-25-20(27)19-17-11-12-24(13-16-9-7-6-8-10-16)14-18(17)31-21(19)26(23(25)29)15(3)22(28)30-5-2/h6-10,15H,4-5,11-14H2,1-3H3/t15-/m0/s1. The van der Waals surface area contributed by atoms with Crippen LogP contribution in [0.3, 0.4) is 0 Å². The average molecular weight is 442 g/mol. The van der Waals surface area contributed by atoms with Gasteiger partial charge in [-0.25, -0.2) is 9.59 Å². The first-order valence-electron chi connectivity index (χ1n) is 10.7. The lowest BCUT2D eigenvalue weighted by Crippen LogP contribution is -2.42. The molecule has 0 bridgehead atoms. The molecule has 164 valence electrons. The predicted octanol–water partition coefficient (Wildman–Crippen LogP) is 2.93. The summed E-state index contributed by atoms with van der Waals surface area (Å²) in [4.78, 5) is 42.8. The predicted molar refractivity (Wildman–Crippen MR) is 122 cm³/mol. The molecule has 1 aliphatic heterocycles. The number of aromatic nitrogens is 2. The molecule has 2 aromatic heterocycles. The third-order valence-electron chi connectivity index (χ3n) is 5.81. The Morgan fingerprint density at radius 2 is 1.94 bits per heavy atom. The van der Waals surface area contributed by atoms with E-state index in [4.69, 9.17) is 4.74 Å². The lowest BCUT2D eigenvalue weighted by Gasteiger charge is -2.26. The molecule has 0 amide bonds. The van der Waals surface area contributed by atoms with Gasteiger partial charge in [-0.1, -0.05) is 30.3 Å². The van der Waals surface area contributed by atoms with Crippen LogP contribution in [0.15, 0.2) is 39.9 Å². The van der Waals surface area contributed by atoms with E-state index >= 15 is 0 Å². The number of carbonyl (C=O) groups is 1.